The van der Waals surface area contributed by atoms with E-state index in [1.807, 2.05) is 45.0 Å². The number of carbonyl (C=O) groups excluding carboxylic acids is 2. The lowest BCUT2D eigenvalue weighted by atomic mass is 10.0. The first-order chi connectivity index (χ1) is 23.6. The molecule has 0 saturated heterocycles. The van der Waals surface area contributed by atoms with Gasteiger partial charge < -0.3 is 33.5 Å². The van der Waals surface area contributed by atoms with Crippen molar-refractivity contribution in [2.24, 2.45) is 5.92 Å². The number of non-ortho nitro benzene ring substituents is 1. The predicted octanol–water partition coefficient (Wildman–Crippen LogP) is 7.46. The van der Waals surface area contributed by atoms with Crippen molar-refractivity contribution in [1.29, 1.82) is 0 Å². The minimum absolute atomic E-state index is 0.0632. The predicted molar refractivity (Wildman–Crippen MR) is 194 cm³/mol. The minimum atomic E-state index is -0.680. The molecule has 0 saturated carbocycles. The summed E-state index contributed by atoms with van der Waals surface area (Å²) in [5.74, 6) is 0.190. The second-order valence-corrected chi connectivity index (χ2v) is 13.4. The maximum Gasteiger partial charge on any atom is 0.410 e. The zero-order valence-electron chi connectivity index (χ0n) is 30.9. The maximum absolute atomic E-state index is 14.5. The second kappa shape index (κ2) is 20.3. The molecule has 0 N–H and O–H groups in total. The molecule has 2 aromatic rings. The molecule has 0 radical (unpaired) electrons. The van der Waals surface area contributed by atoms with E-state index in [4.69, 9.17) is 23.7 Å². The summed E-state index contributed by atoms with van der Waals surface area (Å²) in [4.78, 5) is 41.7. The topological polar surface area (TPSA) is 130 Å². The van der Waals surface area contributed by atoms with Crippen LogP contribution < -0.4 is 9.47 Å². The van der Waals surface area contributed by atoms with Gasteiger partial charge in [-0.2, -0.15) is 0 Å². The third-order valence-electron chi connectivity index (χ3n) is 7.80. The number of hydrogen-bond donors (Lipinski definition) is 0. The van der Waals surface area contributed by atoms with E-state index in [-0.39, 0.29) is 55.3 Å². The zero-order chi connectivity index (χ0) is 37.4. The number of nitro benzene ring substituents is 1. The van der Waals surface area contributed by atoms with E-state index in [1.54, 1.807) is 52.0 Å². The van der Waals surface area contributed by atoms with Gasteiger partial charge >= 0.3 is 6.09 Å². The molecule has 2 rings (SSSR count). The summed E-state index contributed by atoms with van der Waals surface area (Å²) in [7, 11) is 3.23. The number of ether oxygens (including phenoxy) is 5. The van der Waals surface area contributed by atoms with E-state index >= 15 is 0 Å². The van der Waals surface area contributed by atoms with Crippen LogP contribution in [-0.4, -0.2) is 91.0 Å². The van der Waals surface area contributed by atoms with Crippen LogP contribution in [0.2, 0.25) is 0 Å². The third kappa shape index (κ3) is 13.8. The number of benzene rings is 2. The number of allylic oxidation sites excluding steroid dienone is 1. The van der Waals surface area contributed by atoms with E-state index in [0.29, 0.717) is 19.4 Å². The summed E-state index contributed by atoms with van der Waals surface area (Å²) in [6.07, 6.45) is 3.45. The molecule has 0 fully saturated rings. The zero-order valence-corrected chi connectivity index (χ0v) is 30.9. The summed E-state index contributed by atoms with van der Waals surface area (Å²) < 4.78 is 29.1. The van der Waals surface area contributed by atoms with Crippen LogP contribution in [-0.2, 0) is 20.8 Å². The molecule has 0 aliphatic carbocycles. The van der Waals surface area contributed by atoms with Crippen LogP contribution in [0, 0.1) is 16.0 Å². The molecule has 276 valence electrons. The Bertz CT molecular complexity index is 1410. The summed E-state index contributed by atoms with van der Waals surface area (Å²) in [5, 5.41) is 11.8. The summed E-state index contributed by atoms with van der Waals surface area (Å²) in [6.45, 7) is 19.6. The standard InChI is InChI=1S/C38H55N3O9/c1-11-13-14-29(5)49-34-20-17-31(41(44)45)22-33(34)36(42)40(28(4)25-47-26-30-15-18-32(46-10)19-16-30)23-27(3)35(48-21-12-2)24-39(9)37(43)50-38(6,7)8/h11-12,15-20,22,27-29,35H,1-2,13-14,21,23-26H2,3-10H3/t27-,28+,29-,35+/m1/s1. The monoisotopic (exact) mass is 697 g/mol. The van der Waals surface area contributed by atoms with Gasteiger partial charge in [0.1, 0.15) is 17.1 Å². The lowest BCUT2D eigenvalue weighted by Crippen LogP contribution is -2.48. The lowest BCUT2D eigenvalue weighted by molar-refractivity contribution is -0.384. The highest BCUT2D eigenvalue weighted by atomic mass is 16.6. The van der Waals surface area contributed by atoms with Gasteiger partial charge in [0.05, 0.1) is 62.2 Å². The largest absolute Gasteiger partial charge is 0.497 e. The van der Waals surface area contributed by atoms with Gasteiger partial charge in [-0.15, -0.1) is 13.2 Å². The fourth-order valence-electron chi connectivity index (χ4n) is 5.01. The number of rotatable bonds is 21. The van der Waals surface area contributed by atoms with Crippen LogP contribution in [0.15, 0.2) is 67.8 Å². The number of methoxy groups -OCH3 is 1. The molecule has 4 atom stereocenters. The fourth-order valence-corrected chi connectivity index (χ4v) is 5.01. The van der Waals surface area contributed by atoms with E-state index < -0.39 is 34.7 Å². The molecule has 12 nitrogen and oxygen atoms in total. The Morgan fingerprint density at radius 2 is 1.70 bits per heavy atom. The lowest BCUT2D eigenvalue weighted by Gasteiger charge is -2.36. The maximum atomic E-state index is 14.5. The quantitative estimate of drug-likeness (QED) is 0.0741. The Kier molecular flexibility index (Phi) is 17.0. The average molecular weight is 698 g/mol. The van der Waals surface area contributed by atoms with Gasteiger partial charge in [0.25, 0.3) is 11.6 Å². The first-order valence-electron chi connectivity index (χ1n) is 16.8. The normalized spacial score (nSPS) is 13.7. The molecule has 0 heterocycles. The van der Waals surface area contributed by atoms with Crippen LogP contribution in [0.25, 0.3) is 0 Å². The Balaban J connectivity index is 2.46. The molecule has 0 unspecified atom stereocenters. The Hall–Kier alpha value is -4.42. The molecule has 2 aromatic carbocycles. The van der Waals surface area contributed by atoms with E-state index in [1.165, 1.54) is 23.1 Å². The first kappa shape index (κ1) is 41.7. The first-order valence-corrected chi connectivity index (χ1v) is 16.8. The number of nitro groups is 1. The smallest absolute Gasteiger partial charge is 0.410 e. The van der Waals surface area contributed by atoms with Crippen LogP contribution in [0.3, 0.4) is 0 Å². The fraction of sp³-hybridized carbons (Fsp3) is 0.526. The van der Waals surface area contributed by atoms with Crippen molar-refractivity contribution in [3.8, 4) is 11.5 Å². The van der Waals surface area contributed by atoms with Crippen LogP contribution in [0.4, 0.5) is 10.5 Å². The highest BCUT2D eigenvalue weighted by Crippen LogP contribution is 2.29. The number of nitrogens with zero attached hydrogens (tertiary/aromatic N) is 3. The molecular formula is C38H55N3O9. The Morgan fingerprint density at radius 3 is 2.28 bits per heavy atom. The molecule has 0 aromatic heterocycles. The number of carbonyl (C=O) groups is 2. The molecule has 0 aliphatic rings. The molecular weight excluding hydrogens is 642 g/mol. The van der Waals surface area contributed by atoms with Crippen molar-refractivity contribution in [2.45, 2.75) is 84.8 Å². The van der Waals surface area contributed by atoms with Crippen LogP contribution in [0.1, 0.15) is 70.3 Å². The van der Waals surface area contributed by atoms with Crippen molar-refractivity contribution < 1.29 is 38.2 Å². The highest BCUT2D eigenvalue weighted by Gasteiger charge is 2.32. The summed E-state index contributed by atoms with van der Waals surface area (Å²) in [5.41, 5.74) is 0.0747. The molecule has 2 amide bonds. The minimum Gasteiger partial charge on any atom is -0.497 e. The van der Waals surface area contributed by atoms with Gasteiger partial charge in [0, 0.05) is 31.6 Å². The Morgan fingerprint density at radius 1 is 1.02 bits per heavy atom. The van der Waals surface area contributed by atoms with Crippen molar-refractivity contribution in [1.82, 2.24) is 9.80 Å². The summed E-state index contributed by atoms with van der Waals surface area (Å²) in [6, 6.07) is 11.1. The SMILES string of the molecule is C=CCC[C@@H](C)Oc1ccc([N+](=O)[O-])cc1C(=O)N(C[C@@H](C)[C@H](CN(C)C(=O)OC(C)(C)C)OCC=C)[C@@H](C)COCc1ccc(OC)cc1. The molecule has 0 spiro atoms. The molecule has 50 heavy (non-hydrogen) atoms. The van der Waals surface area contributed by atoms with E-state index in [0.717, 1.165) is 11.3 Å². The van der Waals surface area contributed by atoms with Crippen LogP contribution >= 0.6 is 0 Å². The summed E-state index contributed by atoms with van der Waals surface area (Å²) >= 11 is 0. The van der Waals surface area contributed by atoms with Crippen molar-refractivity contribution in [3.05, 3.63) is 89.0 Å². The van der Waals surface area contributed by atoms with Gasteiger partial charge in [-0.25, -0.2) is 4.79 Å². The number of hydrogen-bond acceptors (Lipinski definition) is 9. The van der Waals surface area contributed by atoms with Gasteiger partial charge in [-0.1, -0.05) is 31.2 Å². The van der Waals surface area contributed by atoms with Crippen molar-refractivity contribution >= 4 is 17.7 Å². The average Bonchev–Trinajstić information content (AvgIpc) is 3.07. The number of likely N-dealkylation sites (N-methyl/N-ethyl adjacent to an activating group) is 1. The third-order valence-corrected chi connectivity index (χ3v) is 7.80. The van der Waals surface area contributed by atoms with Gasteiger partial charge in [-0.3, -0.25) is 14.9 Å². The number of amides is 2. The van der Waals surface area contributed by atoms with E-state index in [2.05, 4.69) is 13.2 Å². The van der Waals surface area contributed by atoms with Crippen molar-refractivity contribution in [3.63, 3.8) is 0 Å². The van der Waals surface area contributed by atoms with Crippen molar-refractivity contribution in [2.75, 3.05) is 40.5 Å². The molecule has 0 aliphatic heterocycles. The highest BCUT2D eigenvalue weighted by molar-refractivity contribution is 5.98. The second-order valence-electron chi connectivity index (χ2n) is 13.4. The van der Waals surface area contributed by atoms with Gasteiger partial charge in [0.2, 0.25) is 0 Å². The van der Waals surface area contributed by atoms with Gasteiger partial charge in [-0.05, 0) is 71.2 Å². The molecule has 0 bridgehead atoms. The Labute approximate surface area is 297 Å². The van der Waals surface area contributed by atoms with E-state index in [9.17, 15) is 19.7 Å². The van der Waals surface area contributed by atoms with Crippen LogP contribution in [0.5, 0.6) is 11.5 Å². The molecule has 12 heteroatoms. The van der Waals surface area contributed by atoms with Gasteiger partial charge in [0.15, 0.2) is 0 Å².